The zero-order valence-electron chi connectivity index (χ0n) is 21.2. The van der Waals surface area contributed by atoms with Gasteiger partial charge in [0.25, 0.3) is 11.6 Å². The number of nitro groups is 1. The first-order chi connectivity index (χ1) is 17.2. The van der Waals surface area contributed by atoms with Crippen molar-refractivity contribution in [2.75, 3.05) is 18.0 Å². The number of rotatable bonds is 5. The van der Waals surface area contributed by atoms with E-state index in [1.165, 1.54) is 49.2 Å². The van der Waals surface area contributed by atoms with Crippen LogP contribution in [0.25, 0.3) is 0 Å². The number of nitrogens with zero attached hydrogens (tertiary/aromatic N) is 3. The summed E-state index contributed by atoms with van der Waals surface area (Å²) in [7, 11) is 0. The molecule has 2 atom stereocenters. The zero-order chi connectivity index (χ0) is 25.7. The van der Waals surface area contributed by atoms with Crippen LogP contribution in [0.3, 0.4) is 0 Å². The number of likely N-dealkylation sites (tertiary alicyclic amines) is 1. The fraction of sp³-hybridized carbons (Fsp3) is 0.448. The van der Waals surface area contributed by atoms with Crippen molar-refractivity contribution in [2.45, 2.75) is 52.9 Å². The van der Waals surface area contributed by atoms with Gasteiger partial charge in [-0.05, 0) is 67.7 Å². The van der Waals surface area contributed by atoms with Gasteiger partial charge in [0.1, 0.15) is 4.99 Å². The summed E-state index contributed by atoms with van der Waals surface area (Å²) >= 11 is 6.24. The van der Waals surface area contributed by atoms with Gasteiger partial charge in [-0.3, -0.25) is 19.8 Å². The number of carbonyl (C=O) groups excluding carboxylic acids is 1. The van der Waals surface area contributed by atoms with E-state index in [4.69, 9.17) is 12.2 Å². The highest BCUT2D eigenvalue weighted by atomic mass is 32.1. The van der Waals surface area contributed by atoms with Crippen LogP contribution in [0.2, 0.25) is 0 Å². The number of hydrogen-bond donors (Lipinski definition) is 0. The van der Waals surface area contributed by atoms with Crippen LogP contribution < -0.4 is 4.90 Å². The molecule has 0 aromatic heterocycles. The summed E-state index contributed by atoms with van der Waals surface area (Å²) < 4.78 is 0. The number of fused-ring (bicyclic) bond motifs is 2. The Balaban J connectivity index is 1.62. The summed E-state index contributed by atoms with van der Waals surface area (Å²) in [6, 6.07) is 15.3. The second kappa shape index (κ2) is 9.11. The van der Waals surface area contributed by atoms with Gasteiger partial charge >= 0.3 is 0 Å². The molecule has 2 bridgehead atoms. The Morgan fingerprint density at radius 1 is 1.03 bits per heavy atom. The van der Waals surface area contributed by atoms with Crippen molar-refractivity contribution < 1.29 is 9.72 Å². The summed E-state index contributed by atoms with van der Waals surface area (Å²) in [6.45, 7) is 9.16. The van der Waals surface area contributed by atoms with Crippen molar-refractivity contribution in [2.24, 2.45) is 16.7 Å². The average molecular weight is 504 g/mol. The number of benzene rings is 2. The number of nitro benzene ring substituents is 1. The molecule has 2 fully saturated rings. The monoisotopic (exact) mass is 503 g/mol. The molecule has 1 amide bonds. The number of thiocarbonyl (C=S) groups is 1. The van der Waals surface area contributed by atoms with E-state index in [0.717, 1.165) is 31.5 Å². The lowest BCUT2D eigenvalue weighted by molar-refractivity contribution is -0.384. The van der Waals surface area contributed by atoms with Gasteiger partial charge < -0.3 is 4.90 Å². The van der Waals surface area contributed by atoms with Gasteiger partial charge in [-0.2, -0.15) is 0 Å². The number of allylic oxidation sites excluding steroid dienone is 1. The number of hydrogen-bond acceptors (Lipinski definition) is 5. The third-order valence-electron chi connectivity index (χ3n) is 9.00. The SMILES string of the molecule is CC1(C)[C@@H]2CC[C@@]1(C)C(N1CCCCC1)=C2C(=S)N(C(=O)c1ccc([N+](=O)[O-])cc1)c1ccccc1. The van der Waals surface area contributed by atoms with Gasteiger partial charge in [-0.1, -0.05) is 51.2 Å². The Morgan fingerprint density at radius 2 is 1.67 bits per heavy atom. The summed E-state index contributed by atoms with van der Waals surface area (Å²) in [5, 5.41) is 11.1. The maximum Gasteiger partial charge on any atom is 0.269 e. The van der Waals surface area contributed by atoms with E-state index < -0.39 is 4.92 Å². The van der Waals surface area contributed by atoms with Gasteiger partial charge in [0.05, 0.1) is 10.6 Å². The molecule has 1 aliphatic heterocycles. The first-order valence-corrected chi connectivity index (χ1v) is 13.3. The number of carbonyl (C=O) groups is 1. The highest BCUT2D eigenvalue weighted by Crippen LogP contribution is 2.68. The Morgan fingerprint density at radius 3 is 2.28 bits per heavy atom. The lowest BCUT2D eigenvalue weighted by Crippen LogP contribution is -2.42. The molecule has 2 aromatic rings. The minimum Gasteiger partial charge on any atom is -0.374 e. The van der Waals surface area contributed by atoms with Crippen LogP contribution in [0.1, 0.15) is 63.2 Å². The third kappa shape index (κ3) is 3.76. The summed E-state index contributed by atoms with van der Waals surface area (Å²) in [5.74, 6) is 0.0140. The molecule has 6 nitrogen and oxygen atoms in total. The highest BCUT2D eigenvalue weighted by molar-refractivity contribution is 7.81. The lowest BCUT2D eigenvalue weighted by Gasteiger charge is -2.43. The minimum atomic E-state index is -0.457. The molecular formula is C29H33N3O3S. The zero-order valence-corrected chi connectivity index (χ0v) is 22.0. The largest absolute Gasteiger partial charge is 0.374 e. The smallest absolute Gasteiger partial charge is 0.269 e. The second-order valence-corrected chi connectivity index (χ2v) is 11.4. The molecule has 7 heteroatoms. The van der Waals surface area contributed by atoms with Crippen LogP contribution in [0.4, 0.5) is 11.4 Å². The Hall–Kier alpha value is -3.06. The molecule has 1 saturated carbocycles. The van der Waals surface area contributed by atoms with E-state index in [9.17, 15) is 14.9 Å². The predicted molar refractivity (Wildman–Crippen MR) is 146 cm³/mol. The molecule has 3 aliphatic rings. The van der Waals surface area contributed by atoms with Gasteiger partial charge in [0.15, 0.2) is 0 Å². The van der Waals surface area contributed by atoms with Crippen molar-refractivity contribution in [3.63, 3.8) is 0 Å². The summed E-state index contributed by atoms with van der Waals surface area (Å²) in [5.41, 5.74) is 3.57. The van der Waals surface area contributed by atoms with Crippen LogP contribution in [0.15, 0.2) is 65.9 Å². The summed E-state index contributed by atoms with van der Waals surface area (Å²) in [6.07, 6.45) is 5.79. The third-order valence-corrected chi connectivity index (χ3v) is 9.40. The average Bonchev–Trinajstić information content (AvgIpc) is 3.22. The number of piperidine rings is 1. The van der Waals surface area contributed by atoms with Crippen molar-refractivity contribution >= 4 is 34.5 Å². The Kier molecular flexibility index (Phi) is 6.23. The van der Waals surface area contributed by atoms with Crippen molar-refractivity contribution in [3.8, 4) is 0 Å². The van der Waals surface area contributed by atoms with Crippen LogP contribution in [0, 0.1) is 26.9 Å². The van der Waals surface area contributed by atoms with Crippen LogP contribution in [0.5, 0.6) is 0 Å². The topological polar surface area (TPSA) is 66.7 Å². The number of non-ortho nitro benzene ring substituents is 1. The molecule has 5 rings (SSSR count). The van der Waals surface area contributed by atoms with Crippen LogP contribution >= 0.6 is 12.2 Å². The van der Waals surface area contributed by atoms with E-state index in [0.29, 0.717) is 16.2 Å². The van der Waals surface area contributed by atoms with Crippen molar-refractivity contribution in [1.29, 1.82) is 0 Å². The Labute approximate surface area is 218 Å². The Bertz CT molecular complexity index is 1230. The molecule has 0 radical (unpaired) electrons. The maximum atomic E-state index is 14.0. The molecule has 1 heterocycles. The quantitative estimate of drug-likeness (QED) is 0.256. The highest BCUT2D eigenvalue weighted by Gasteiger charge is 2.63. The minimum absolute atomic E-state index is 0.00711. The van der Waals surface area contributed by atoms with Crippen molar-refractivity contribution in [3.05, 3.63) is 81.5 Å². The molecule has 36 heavy (non-hydrogen) atoms. The fourth-order valence-electron chi connectivity index (χ4n) is 6.66. The maximum absolute atomic E-state index is 14.0. The normalized spacial score (nSPS) is 24.6. The first kappa shape index (κ1) is 24.6. The predicted octanol–water partition coefficient (Wildman–Crippen LogP) is 6.77. The number of anilines is 1. The molecule has 0 unspecified atom stereocenters. The molecule has 1 saturated heterocycles. The van der Waals surface area contributed by atoms with Gasteiger partial charge in [0.2, 0.25) is 0 Å². The van der Waals surface area contributed by atoms with Crippen LogP contribution in [-0.2, 0) is 0 Å². The van der Waals surface area contributed by atoms with E-state index in [2.05, 4.69) is 25.7 Å². The number of para-hydroxylation sites is 1. The standard InChI is InChI=1S/C29H33N3O3S/c1-28(2)23-16-17-29(28,3)25(30-18-8-5-9-19-30)24(23)27(36)31(21-10-6-4-7-11-21)26(33)20-12-14-22(15-13-20)32(34)35/h4,6-7,10-15,23H,5,8-9,16-19H2,1-3H3/t23-,29+/m1/s1. The van der Waals surface area contributed by atoms with Gasteiger partial charge in [0, 0.05) is 47.5 Å². The molecule has 0 N–H and O–H groups in total. The van der Waals surface area contributed by atoms with Gasteiger partial charge in [-0.15, -0.1) is 0 Å². The van der Waals surface area contributed by atoms with E-state index in [-0.39, 0.29) is 28.3 Å². The lowest BCUT2D eigenvalue weighted by atomic mass is 9.69. The molecule has 188 valence electrons. The second-order valence-electron chi connectivity index (χ2n) is 11.0. The number of amides is 1. The van der Waals surface area contributed by atoms with E-state index in [1.807, 2.05) is 30.3 Å². The van der Waals surface area contributed by atoms with E-state index in [1.54, 1.807) is 4.90 Å². The first-order valence-electron chi connectivity index (χ1n) is 12.8. The molecule has 2 aliphatic carbocycles. The molecular weight excluding hydrogens is 470 g/mol. The fourth-order valence-corrected chi connectivity index (χ4v) is 7.09. The van der Waals surface area contributed by atoms with Crippen LogP contribution in [-0.4, -0.2) is 33.8 Å². The molecule has 2 aromatic carbocycles. The summed E-state index contributed by atoms with van der Waals surface area (Å²) in [4.78, 5) is 29.4. The van der Waals surface area contributed by atoms with Gasteiger partial charge in [-0.25, -0.2) is 0 Å². The van der Waals surface area contributed by atoms with Crippen molar-refractivity contribution in [1.82, 2.24) is 4.90 Å². The van der Waals surface area contributed by atoms with E-state index >= 15 is 0 Å². The molecule has 0 spiro atoms.